The average molecular weight is 436 g/mol. The first-order chi connectivity index (χ1) is 15.4. The zero-order chi connectivity index (χ0) is 23.1. The van der Waals surface area contributed by atoms with Crippen LogP contribution in [0.5, 0.6) is 0 Å². The maximum atomic E-state index is 13.1. The molecule has 1 heterocycles. The molecule has 0 radical (unpaired) electrons. The number of carbonyl (C=O) groups is 3. The van der Waals surface area contributed by atoms with Crippen LogP contribution in [0.1, 0.15) is 59.4 Å². The second-order valence-corrected chi connectivity index (χ2v) is 8.58. The Balaban J connectivity index is 1.70. The normalized spacial score (nSPS) is 16.2. The highest BCUT2D eigenvalue weighted by atomic mass is 16.2. The Labute approximate surface area is 190 Å². The first kappa shape index (κ1) is 23.5. The first-order valence-electron chi connectivity index (χ1n) is 11.4. The highest BCUT2D eigenvalue weighted by Gasteiger charge is 2.34. The zero-order valence-corrected chi connectivity index (χ0v) is 19.1. The lowest BCUT2D eigenvalue weighted by Gasteiger charge is -2.36. The zero-order valence-electron chi connectivity index (χ0n) is 19.1. The molecule has 1 aliphatic heterocycles. The van der Waals surface area contributed by atoms with Crippen molar-refractivity contribution in [3.63, 3.8) is 0 Å². The van der Waals surface area contributed by atoms with Crippen LogP contribution in [-0.2, 0) is 4.79 Å². The van der Waals surface area contributed by atoms with Crippen molar-refractivity contribution in [1.82, 2.24) is 15.5 Å². The molecule has 0 bridgehead atoms. The predicted octanol–water partition coefficient (Wildman–Crippen LogP) is 3.56. The van der Waals surface area contributed by atoms with Crippen LogP contribution >= 0.6 is 0 Å². The van der Waals surface area contributed by atoms with Gasteiger partial charge < -0.3 is 15.5 Å². The number of nitrogens with zero attached hydrogens (tertiary/aromatic N) is 1. The second-order valence-electron chi connectivity index (χ2n) is 8.58. The highest BCUT2D eigenvalue weighted by Crippen LogP contribution is 2.24. The highest BCUT2D eigenvalue weighted by molar-refractivity contribution is 5.98. The molecule has 2 N–H and O–H groups in total. The van der Waals surface area contributed by atoms with Crippen LogP contribution in [-0.4, -0.2) is 47.8 Å². The van der Waals surface area contributed by atoms with Crippen molar-refractivity contribution >= 4 is 17.7 Å². The Hall–Kier alpha value is -3.15. The number of hydrogen-bond acceptors (Lipinski definition) is 3. The predicted molar refractivity (Wildman–Crippen MR) is 125 cm³/mol. The van der Waals surface area contributed by atoms with E-state index < -0.39 is 6.04 Å². The fourth-order valence-corrected chi connectivity index (χ4v) is 4.07. The van der Waals surface area contributed by atoms with Gasteiger partial charge in [-0.15, -0.1) is 0 Å². The van der Waals surface area contributed by atoms with Crippen LogP contribution in [0.25, 0.3) is 0 Å². The lowest BCUT2D eigenvalue weighted by molar-refractivity contribution is -0.125. The van der Waals surface area contributed by atoms with Crippen LogP contribution in [0.3, 0.4) is 0 Å². The van der Waals surface area contributed by atoms with E-state index in [4.69, 9.17) is 0 Å². The van der Waals surface area contributed by atoms with Gasteiger partial charge in [0.2, 0.25) is 5.91 Å². The van der Waals surface area contributed by atoms with Gasteiger partial charge in [0.05, 0.1) is 0 Å². The summed E-state index contributed by atoms with van der Waals surface area (Å²) < 4.78 is 0. The summed E-state index contributed by atoms with van der Waals surface area (Å²) in [4.78, 5) is 40.7. The Morgan fingerprint density at radius 1 is 0.969 bits per heavy atom. The molecule has 3 rings (SSSR count). The van der Waals surface area contributed by atoms with Gasteiger partial charge >= 0.3 is 0 Å². The smallest absolute Gasteiger partial charge is 0.254 e. The summed E-state index contributed by atoms with van der Waals surface area (Å²) >= 11 is 0. The van der Waals surface area contributed by atoms with Crippen molar-refractivity contribution in [2.45, 2.75) is 52.1 Å². The van der Waals surface area contributed by atoms with E-state index >= 15 is 0 Å². The Morgan fingerprint density at radius 3 is 2.22 bits per heavy atom. The molecule has 6 nitrogen and oxygen atoms in total. The van der Waals surface area contributed by atoms with Crippen LogP contribution in [0.2, 0.25) is 0 Å². The van der Waals surface area contributed by atoms with Gasteiger partial charge in [0, 0.05) is 30.3 Å². The third kappa shape index (κ3) is 5.75. The third-order valence-corrected chi connectivity index (χ3v) is 6.28. The van der Waals surface area contributed by atoms with Crippen molar-refractivity contribution in [2.75, 3.05) is 13.1 Å². The summed E-state index contributed by atoms with van der Waals surface area (Å²) in [6, 6.07) is 15.9. The monoisotopic (exact) mass is 435 g/mol. The average Bonchev–Trinajstić information content (AvgIpc) is 2.82. The maximum absolute atomic E-state index is 13.1. The molecule has 1 fully saturated rings. The van der Waals surface area contributed by atoms with Crippen molar-refractivity contribution in [2.24, 2.45) is 5.92 Å². The molecule has 0 aliphatic carbocycles. The maximum Gasteiger partial charge on any atom is 0.254 e. The molecule has 170 valence electrons. The van der Waals surface area contributed by atoms with E-state index in [2.05, 4.69) is 10.6 Å². The minimum absolute atomic E-state index is 0.0236. The SMILES string of the molecule is CC[C@H](C)NC(=O)[C@H](NC(=O)c1ccccc1)C1CCN(C(=O)c2ccccc2C)CC1. The molecule has 0 saturated carbocycles. The molecule has 0 spiro atoms. The molecule has 2 aromatic carbocycles. The van der Waals surface area contributed by atoms with Crippen molar-refractivity contribution < 1.29 is 14.4 Å². The van der Waals surface area contributed by atoms with E-state index in [1.165, 1.54) is 0 Å². The van der Waals surface area contributed by atoms with Crippen molar-refractivity contribution in [3.05, 3.63) is 71.3 Å². The topological polar surface area (TPSA) is 78.5 Å². The molecule has 6 heteroatoms. The number of amides is 3. The third-order valence-electron chi connectivity index (χ3n) is 6.28. The van der Waals surface area contributed by atoms with Crippen LogP contribution in [0.15, 0.2) is 54.6 Å². The Morgan fingerprint density at radius 2 is 1.59 bits per heavy atom. The van der Waals surface area contributed by atoms with Crippen molar-refractivity contribution in [1.29, 1.82) is 0 Å². The summed E-state index contributed by atoms with van der Waals surface area (Å²) in [6.07, 6.45) is 2.13. The Bertz CT molecular complexity index is 936. The second kappa shape index (κ2) is 10.9. The molecule has 0 aromatic heterocycles. The van der Waals surface area contributed by atoms with Crippen LogP contribution < -0.4 is 10.6 Å². The molecular weight excluding hydrogens is 402 g/mol. The summed E-state index contributed by atoms with van der Waals surface area (Å²) in [5.41, 5.74) is 2.20. The molecule has 2 atom stereocenters. The Kier molecular flexibility index (Phi) is 8.03. The summed E-state index contributed by atoms with van der Waals surface area (Å²) in [6.45, 7) is 7.03. The standard InChI is InChI=1S/C26H33N3O3/c1-4-19(3)27-25(31)23(28-24(30)21-11-6-5-7-12-21)20-14-16-29(17-15-20)26(32)22-13-9-8-10-18(22)2/h5-13,19-20,23H,4,14-17H2,1-3H3,(H,27,31)(H,28,30)/t19-,23+/m0/s1. The van der Waals surface area contributed by atoms with Crippen molar-refractivity contribution in [3.8, 4) is 0 Å². The number of piperidine rings is 1. The van der Waals surface area contributed by atoms with E-state index in [0.29, 0.717) is 31.5 Å². The fourth-order valence-electron chi connectivity index (χ4n) is 4.07. The minimum atomic E-state index is -0.632. The summed E-state index contributed by atoms with van der Waals surface area (Å²) in [5, 5.41) is 5.98. The van der Waals surface area contributed by atoms with Gasteiger partial charge in [-0.05, 0) is 62.8 Å². The number of hydrogen-bond donors (Lipinski definition) is 2. The van der Waals surface area contributed by atoms with Gasteiger partial charge in [0.25, 0.3) is 11.8 Å². The van der Waals surface area contributed by atoms with E-state index in [1.54, 1.807) is 24.3 Å². The molecule has 2 aromatic rings. The number of benzene rings is 2. The molecule has 3 amide bonds. The molecule has 1 saturated heterocycles. The number of rotatable bonds is 7. The number of carbonyl (C=O) groups excluding carboxylic acids is 3. The molecule has 0 unspecified atom stereocenters. The lowest BCUT2D eigenvalue weighted by Crippen LogP contribution is -2.55. The van der Waals surface area contributed by atoms with E-state index in [-0.39, 0.29) is 29.7 Å². The van der Waals surface area contributed by atoms with Crippen LogP contribution in [0, 0.1) is 12.8 Å². The first-order valence-corrected chi connectivity index (χ1v) is 11.4. The van der Waals surface area contributed by atoms with E-state index in [1.807, 2.05) is 56.0 Å². The minimum Gasteiger partial charge on any atom is -0.352 e. The van der Waals surface area contributed by atoms with Gasteiger partial charge in [0.1, 0.15) is 6.04 Å². The molecular formula is C26H33N3O3. The molecule has 32 heavy (non-hydrogen) atoms. The van der Waals surface area contributed by atoms with Gasteiger partial charge in [-0.1, -0.05) is 43.3 Å². The quantitative estimate of drug-likeness (QED) is 0.698. The summed E-state index contributed by atoms with van der Waals surface area (Å²) in [5.74, 6) is -0.427. The fraction of sp³-hybridized carbons (Fsp3) is 0.423. The van der Waals surface area contributed by atoms with E-state index in [9.17, 15) is 14.4 Å². The largest absolute Gasteiger partial charge is 0.352 e. The van der Waals surface area contributed by atoms with Gasteiger partial charge in [-0.2, -0.15) is 0 Å². The number of aryl methyl sites for hydroxylation is 1. The summed E-state index contributed by atoms with van der Waals surface area (Å²) in [7, 11) is 0. The van der Waals surface area contributed by atoms with Gasteiger partial charge in [0.15, 0.2) is 0 Å². The van der Waals surface area contributed by atoms with Crippen LogP contribution in [0.4, 0.5) is 0 Å². The lowest BCUT2D eigenvalue weighted by atomic mass is 9.88. The molecule has 1 aliphatic rings. The van der Waals surface area contributed by atoms with Gasteiger partial charge in [-0.3, -0.25) is 14.4 Å². The number of nitrogens with one attached hydrogen (secondary N) is 2. The van der Waals surface area contributed by atoms with E-state index in [0.717, 1.165) is 17.5 Å². The number of likely N-dealkylation sites (tertiary alicyclic amines) is 1. The van der Waals surface area contributed by atoms with Gasteiger partial charge in [-0.25, -0.2) is 0 Å².